The summed E-state index contributed by atoms with van der Waals surface area (Å²) in [5.41, 5.74) is 1.88. The normalized spacial score (nSPS) is 10.2. The summed E-state index contributed by atoms with van der Waals surface area (Å²) in [5.74, 6) is 6.08. The maximum absolute atomic E-state index is 6.02. The van der Waals surface area contributed by atoms with Gasteiger partial charge >= 0.3 is 0 Å². The molecule has 0 aliphatic rings. The predicted molar refractivity (Wildman–Crippen MR) is 84.9 cm³/mol. The second-order valence-electron chi connectivity index (χ2n) is 3.77. The van der Waals surface area contributed by atoms with Gasteiger partial charge in [-0.2, -0.15) is 0 Å². The number of nitrogens with zero attached hydrogens (tertiary/aromatic N) is 1. The van der Waals surface area contributed by atoms with Crippen molar-refractivity contribution < 1.29 is 0 Å². The molecule has 0 heterocycles. The van der Waals surface area contributed by atoms with Gasteiger partial charge in [0.2, 0.25) is 0 Å². The van der Waals surface area contributed by atoms with Crippen LogP contribution in [0.1, 0.15) is 11.1 Å². The summed E-state index contributed by atoms with van der Waals surface area (Å²) in [6.07, 6.45) is 1.75. The molecule has 94 valence electrons. The van der Waals surface area contributed by atoms with Crippen LogP contribution in [0.3, 0.4) is 0 Å². The highest BCUT2D eigenvalue weighted by atomic mass is 79.9. The van der Waals surface area contributed by atoms with Crippen molar-refractivity contribution in [3.05, 3.63) is 69.2 Å². The average Bonchev–Trinajstić information content (AvgIpc) is 2.42. The summed E-state index contributed by atoms with van der Waals surface area (Å²) in [6, 6.07) is 15.5. The van der Waals surface area contributed by atoms with E-state index >= 15 is 0 Å². The summed E-state index contributed by atoms with van der Waals surface area (Å²) in [5, 5.41) is 0.699. The molecule has 19 heavy (non-hydrogen) atoms. The van der Waals surface area contributed by atoms with Crippen LogP contribution in [0.25, 0.3) is 0 Å². The molecule has 3 heteroatoms. The van der Waals surface area contributed by atoms with Crippen molar-refractivity contribution in [2.24, 2.45) is 4.99 Å². The molecular weight excluding hydrogens is 322 g/mol. The zero-order chi connectivity index (χ0) is 13.5. The first-order chi connectivity index (χ1) is 9.27. The lowest BCUT2D eigenvalue weighted by Crippen LogP contribution is -1.84. The van der Waals surface area contributed by atoms with Crippen molar-refractivity contribution in [1.82, 2.24) is 0 Å². The number of hydrogen-bond donors (Lipinski definition) is 0. The molecule has 2 aromatic carbocycles. The third-order valence-electron chi connectivity index (χ3n) is 2.40. The Bertz CT molecular complexity index is 653. The number of rotatable bonds is 2. The molecule has 0 amide bonds. The van der Waals surface area contributed by atoms with Crippen molar-refractivity contribution in [2.45, 2.75) is 0 Å². The summed E-state index contributed by atoms with van der Waals surface area (Å²) in [4.78, 5) is 4.25. The summed E-state index contributed by atoms with van der Waals surface area (Å²) in [7, 11) is 0. The van der Waals surface area contributed by atoms with E-state index in [0.29, 0.717) is 11.6 Å². The van der Waals surface area contributed by atoms with E-state index in [1.165, 1.54) is 0 Å². The lowest BCUT2D eigenvalue weighted by molar-refractivity contribution is 1.30. The van der Waals surface area contributed by atoms with Gasteiger partial charge < -0.3 is 0 Å². The lowest BCUT2D eigenvalue weighted by Gasteiger charge is -1.94. The van der Waals surface area contributed by atoms with E-state index in [9.17, 15) is 0 Å². The molecule has 1 nitrogen and oxygen atoms in total. The molecule has 0 fully saturated rings. The highest BCUT2D eigenvalue weighted by Gasteiger charge is 1.93. The van der Waals surface area contributed by atoms with Crippen LogP contribution < -0.4 is 0 Å². The van der Waals surface area contributed by atoms with E-state index in [-0.39, 0.29) is 0 Å². The fraction of sp³-hybridized carbons (Fsp3) is 0.0625. The first-order valence-electron chi connectivity index (χ1n) is 5.75. The van der Waals surface area contributed by atoms with Gasteiger partial charge in [-0.3, -0.25) is 4.99 Å². The van der Waals surface area contributed by atoms with Crippen LogP contribution in [0.5, 0.6) is 0 Å². The molecule has 0 aliphatic heterocycles. The largest absolute Gasteiger partial charge is 0.280 e. The van der Waals surface area contributed by atoms with E-state index in [2.05, 4.69) is 32.8 Å². The molecular formula is C16H11BrClN. The van der Waals surface area contributed by atoms with Gasteiger partial charge in [0.15, 0.2) is 0 Å². The molecule has 0 aromatic heterocycles. The second-order valence-corrected chi connectivity index (χ2v) is 5.03. The zero-order valence-electron chi connectivity index (χ0n) is 10.1. The third kappa shape index (κ3) is 4.24. The summed E-state index contributed by atoms with van der Waals surface area (Å²) < 4.78 is 0.998. The third-order valence-corrected chi connectivity index (χ3v) is 3.44. The standard InChI is InChI=1S/C16H11BrClN/c17-15-9-3-1-6-13(15)8-5-11-19-12-14-7-2-4-10-16(14)18/h1-4,6-7,9-10,12H,11H2. The summed E-state index contributed by atoms with van der Waals surface area (Å²) in [6.45, 7) is 0.451. The molecule has 0 bridgehead atoms. The van der Waals surface area contributed by atoms with Crippen LogP contribution in [-0.4, -0.2) is 12.8 Å². The first-order valence-corrected chi connectivity index (χ1v) is 6.92. The van der Waals surface area contributed by atoms with E-state index in [0.717, 1.165) is 15.6 Å². The minimum atomic E-state index is 0.451. The highest BCUT2D eigenvalue weighted by Crippen LogP contribution is 2.14. The number of halogens is 2. The van der Waals surface area contributed by atoms with Gasteiger partial charge in [-0.05, 0) is 34.1 Å². The monoisotopic (exact) mass is 331 g/mol. The van der Waals surface area contributed by atoms with Crippen LogP contribution in [0.2, 0.25) is 5.02 Å². The van der Waals surface area contributed by atoms with Crippen molar-refractivity contribution in [2.75, 3.05) is 6.54 Å². The van der Waals surface area contributed by atoms with Gasteiger partial charge in [0.05, 0.1) is 0 Å². The molecule has 0 N–H and O–H groups in total. The predicted octanol–water partition coefficient (Wildman–Crippen LogP) is 4.57. The van der Waals surface area contributed by atoms with E-state index in [1.54, 1.807) is 6.21 Å². The summed E-state index contributed by atoms with van der Waals surface area (Å²) >= 11 is 9.47. The van der Waals surface area contributed by atoms with Gasteiger partial charge in [0, 0.05) is 26.8 Å². The Labute approximate surface area is 126 Å². The molecule has 0 spiro atoms. The van der Waals surface area contributed by atoms with Crippen LogP contribution in [0.4, 0.5) is 0 Å². The van der Waals surface area contributed by atoms with E-state index in [1.807, 2.05) is 48.5 Å². The first kappa shape index (κ1) is 13.9. The topological polar surface area (TPSA) is 12.4 Å². The molecule has 2 aromatic rings. The zero-order valence-corrected chi connectivity index (χ0v) is 12.4. The molecule has 0 saturated carbocycles. The number of hydrogen-bond acceptors (Lipinski definition) is 1. The molecule has 0 saturated heterocycles. The molecule has 0 radical (unpaired) electrons. The van der Waals surface area contributed by atoms with Crippen molar-refractivity contribution >= 4 is 33.7 Å². The van der Waals surface area contributed by atoms with Crippen LogP contribution >= 0.6 is 27.5 Å². The highest BCUT2D eigenvalue weighted by molar-refractivity contribution is 9.10. The van der Waals surface area contributed by atoms with Crippen LogP contribution in [-0.2, 0) is 0 Å². The smallest absolute Gasteiger partial charge is 0.100 e. The minimum Gasteiger partial charge on any atom is -0.280 e. The second kappa shape index (κ2) is 7.13. The number of benzene rings is 2. The Hall–Kier alpha value is -1.56. The fourth-order valence-electron chi connectivity index (χ4n) is 1.47. The number of aliphatic imine (C=N–C) groups is 1. The van der Waals surface area contributed by atoms with Gasteiger partial charge in [-0.15, -0.1) is 0 Å². The molecule has 0 unspecified atom stereocenters. The van der Waals surface area contributed by atoms with E-state index < -0.39 is 0 Å². The molecule has 0 aliphatic carbocycles. The van der Waals surface area contributed by atoms with Crippen LogP contribution in [0.15, 0.2) is 58.0 Å². The minimum absolute atomic E-state index is 0.451. The van der Waals surface area contributed by atoms with Crippen molar-refractivity contribution in [3.63, 3.8) is 0 Å². The van der Waals surface area contributed by atoms with Crippen LogP contribution in [0, 0.1) is 11.8 Å². The van der Waals surface area contributed by atoms with Gasteiger partial charge in [-0.25, -0.2) is 0 Å². The lowest BCUT2D eigenvalue weighted by atomic mass is 10.2. The Morgan fingerprint density at radius 3 is 2.63 bits per heavy atom. The van der Waals surface area contributed by atoms with E-state index in [4.69, 9.17) is 11.6 Å². The maximum atomic E-state index is 6.02. The average molecular weight is 333 g/mol. The van der Waals surface area contributed by atoms with Gasteiger partial charge in [-0.1, -0.05) is 53.8 Å². The van der Waals surface area contributed by atoms with Crippen molar-refractivity contribution in [3.8, 4) is 11.8 Å². The SMILES string of the molecule is Clc1ccccc1C=NCC#Cc1ccccc1Br. The molecule has 2 rings (SSSR count). The maximum Gasteiger partial charge on any atom is 0.100 e. The van der Waals surface area contributed by atoms with Crippen molar-refractivity contribution in [1.29, 1.82) is 0 Å². The fourth-order valence-corrected chi connectivity index (χ4v) is 2.04. The molecule has 0 atom stereocenters. The van der Waals surface area contributed by atoms with Gasteiger partial charge in [0.1, 0.15) is 6.54 Å². The Morgan fingerprint density at radius 1 is 1.11 bits per heavy atom. The Morgan fingerprint density at radius 2 is 1.84 bits per heavy atom. The Balaban J connectivity index is 1.98. The Kier molecular flexibility index (Phi) is 5.20. The van der Waals surface area contributed by atoms with Gasteiger partial charge in [0.25, 0.3) is 0 Å². The quantitative estimate of drug-likeness (QED) is 0.564.